The van der Waals surface area contributed by atoms with Gasteiger partial charge in [-0.2, -0.15) is 0 Å². The Morgan fingerprint density at radius 1 is 0.581 bits per heavy atom. The van der Waals surface area contributed by atoms with Crippen molar-refractivity contribution < 1.29 is 18.9 Å². The average molecular weight is 570 g/mol. The molecule has 1 aliphatic rings. The fraction of sp³-hybridized carbons (Fsp3) is 0.184. The predicted molar refractivity (Wildman–Crippen MR) is 171 cm³/mol. The second-order valence-electron chi connectivity index (χ2n) is 10.5. The molecule has 0 N–H and O–H groups in total. The van der Waals surface area contributed by atoms with Crippen molar-refractivity contribution in [3.05, 3.63) is 155 Å². The number of hydrogen-bond acceptors (Lipinski definition) is 5. The van der Waals surface area contributed by atoms with Gasteiger partial charge in [-0.05, 0) is 52.4 Å². The van der Waals surface area contributed by atoms with Crippen molar-refractivity contribution in [2.75, 3.05) is 13.7 Å². The second-order valence-corrected chi connectivity index (χ2v) is 10.5. The summed E-state index contributed by atoms with van der Waals surface area (Å²) in [5, 5.41) is 0. The number of methoxy groups -OCH3 is 1. The van der Waals surface area contributed by atoms with Crippen LogP contribution >= 0.6 is 0 Å². The van der Waals surface area contributed by atoms with Gasteiger partial charge in [0.2, 0.25) is 5.75 Å². The quantitative estimate of drug-likeness (QED) is 0.153. The van der Waals surface area contributed by atoms with Gasteiger partial charge in [0.15, 0.2) is 11.5 Å². The molecular weight excluding hydrogens is 534 g/mol. The van der Waals surface area contributed by atoms with Gasteiger partial charge in [-0.15, -0.1) is 0 Å². The lowest BCUT2D eigenvalue weighted by Crippen LogP contribution is -2.18. The van der Waals surface area contributed by atoms with Crippen LogP contribution in [0.15, 0.2) is 126 Å². The summed E-state index contributed by atoms with van der Waals surface area (Å²) in [5.74, 6) is 2.78. The number of benzene rings is 5. The maximum absolute atomic E-state index is 6.46. The smallest absolute Gasteiger partial charge is 0.204 e. The van der Waals surface area contributed by atoms with Crippen LogP contribution in [0.3, 0.4) is 0 Å². The predicted octanol–water partition coefficient (Wildman–Crippen LogP) is 8.02. The summed E-state index contributed by atoms with van der Waals surface area (Å²) in [6, 6.07) is 40.8. The molecule has 0 fully saturated rings. The maximum atomic E-state index is 6.46. The molecule has 0 atom stereocenters. The number of aliphatic imine (C=N–C) groups is 1. The van der Waals surface area contributed by atoms with Crippen LogP contribution in [0, 0.1) is 0 Å². The average Bonchev–Trinajstić information content (AvgIpc) is 3.07. The van der Waals surface area contributed by atoms with Gasteiger partial charge in [-0.1, -0.05) is 103 Å². The van der Waals surface area contributed by atoms with E-state index in [1.807, 2.05) is 66.7 Å². The SMILES string of the molecule is COc1c(OCc2ccccc2)c(OCc2ccccc2)cc2c1C(Cc1ccc(OCc3ccccc3)cc1)=NCC2. The van der Waals surface area contributed by atoms with E-state index in [4.69, 9.17) is 23.9 Å². The van der Waals surface area contributed by atoms with E-state index in [0.717, 1.165) is 51.3 Å². The monoisotopic (exact) mass is 569 g/mol. The van der Waals surface area contributed by atoms with Crippen molar-refractivity contribution in [2.45, 2.75) is 32.7 Å². The summed E-state index contributed by atoms with van der Waals surface area (Å²) in [6.45, 7) is 2.09. The highest BCUT2D eigenvalue weighted by Gasteiger charge is 2.27. The summed E-state index contributed by atoms with van der Waals surface area (Å²) in [7, 11) is 1.69. The van der Waals surface area contributed by atoms with Gasteiger partial charge in [-0.25, -0.2) is 0 Å². The van der Waals surface area contributed by atoms with E-state index in [0.29, 0.717) is 50.0 Å². The van der Waals surface area contributed by atoms with E-state index >= 15 is 0 Å². The van der Waals surface area contributed by atoms with E-state index in [2.05, 4.69) is 54.6 Å². The Kier molecular flexibility index (Phi) is 8.99. The van der Waals surface area contributed by atoms with E-state index in [1.54, 1.807) is 7.11 Å². The van der Waals surface area contributed by atoms with Gasteiger partial charge >= 0.3 is 0 Å². The zero-order valence-electron chi connectivity index (χ0n) is 24.4. The molecular formula is C38H35NO4. The normalized spacial score (nSPS) is 12.2. The summed E-state index contributed by atoms with van der Waals surface area (Å²) in [6.07, 6.45) is 1.48. The Bertz CT molecular complexity index is 1650. The number of fused-ring (bicyclic) bond motifs is 1. The van der Waals surface area contributed by atoms with Crippen LogP contribution in [0.1, 0.15) is 33.4 Å². The van der Waals surface area contributed by atoms with Gasteiger partial charge in [-0.3, -0.25) is 4.99 Å². The van der Waals surface area contributed by atoms with Crippen LogP contribution in [-0.2, 0) is 32.7 Å². The first-order valence-corrected chi connectivity index (χ1v) is 14.6. The topological polar surface area (TPSA) is 49.3 Å². The van der Waals surface area contributed by atoms with E-state index in [9.17, 15) is 0 Å². The van der Waals surface area contributed by atoms with Crippen LogP contribution in [0.4, 0.5) is 0 Å². The molecule has 0 unspecified atom stereocenters. The van der Waals surface area contributed by atoms with Crippen molar-refractivity contribution in [3.63, 3.8) is 0 Å². The minimum absolute atomic E-state index is 0.397. The largest absolute Gasteiger partial charge is 0.492 e. The summed E-state index contributed by atoms with van der Waals surface area (Å²) in [5.41, 5.74) is 7.58. The van der Waals surface area contributed by atoms with Crippen LogP contribution in [0.5, 0.6) is 23.0 Å². The molecule has 5 aromatic carbocycles. The Balaban J connectivity index is 1.26. The molecule has 5 heteroatoms. The Hall–Kier alpha value is -5.03. The molecule has 0 saturated heterocycles. The van der Waals surface area contributed by atoms with Crippen molar-refractivity contribution >= 4 is 5.71 Å². The molecule has 1 aliphatic heterocycles. The molecule has 0 bridgehead atoms. The summed E-state index contributed by atoms with van der Waals surface area (Å²) >= 11 is 0. The van der Waals surface area contributed by atoms with Crippen LogP contribution < -0.4 is 18.9 Å². The van der Waals surface area contributed by atoms with E-state index in [-0.39, 0.29) is 0 Å². The first-order chi connectivity index (χ1) is 21.3. The van der Waals surface area contributed by atoms with Gasteiger partial charge < -0.3 is 18.9 Å². The van der Waals surface area contributed by atoms with Crippen LogP contribution in [0.2, 0.25) is 0 Å². The van der Waals surface area contributed by atoms with Gasteiger partial charge in [0.1, 0.15) is 25.6 Å². The van der Waals surface area contributed by atoms with Gasteiger partial charge in [0, 0.05) is 18.5 Å². The molecule has 0 aromatic heterocycles. The number of rotatable bonds is 12. The lowest BCUT2D eigenvalue weighted by Gasteiger charge is -2.25. The van der Waals surface area contributed by atoms with Gasteiger partial charge in [0.25, 0.3) is 0 Å². The number of nitrogens with zero attached hydrogens (tertiary/aromatic N) is 1. The fourth-order valence-electron chi connectivity index (χ4n) is 5.26. The molecule has 5 nitrogen and oxygen atoms in total. The highest BCUT2D eigenvalue weighted by atomic mass is 16.5. The molecule has 0 amide bonds. The van der Waals surface area contributed by atoms with Crippen molar-refractivity contribution in [2.24, 2.45) is 4.99 Å². The lowest BCUT2D eigenvalue weighted by molar-refractivity contribution is 0.243. The zero-order chi connectivity index (χ0) is 29.3. The number of ether oxygens (including phenoxy) is 4. The first kappa shape index (κ1) is 28.1. The van der Waals surface area contributed by atoms with Crippen LogP contribution in [0.25, 0.3) is 0 Å². The van der Waals surface area contributed by atoms with E-state index < -0.39 is 0 Å². The van der Waals surface area contributed by atoms with E-state index in [1.165, 1.54) is 0 Å². The highest BCUT2D eigenvalue weighted by Crippen LogP contribution is 2.45. The van der Waals surface area contributed by atoms with Crippen LogP contribution in [-0.4, -0.2) is 19.4 Å². The third kappa shape index (κ3) is 7.07. The lowest BCUT2D eigenvalue weighted by atomic mass is 9.92. The highest BCUT2D eigenvalue weighted by molar-refractivity contribution is 6.07. The van der Waals surface area contributed by atoms with Gasteiger partial charge in [0.05, 0.1) is 12.8 Å². The summed E-state index contributed by atoms with van der Waals surface area (Å²) < 4.78 is 24.9. The Morgan fingerprint density at radius 3 is 1.72 bits per heavy atom. The standard InChI is InChI=1S/C38H35NO4/c1-40-38-36-32(21-22-39-34(36)23-28-17-19-33(20-18-28)41-25-29-11-5-2-6-12-29)24-35(42-26-30-13-7-3-8-14-30)37(38)43-27-31-15-9-4-10-16-31/h2-20,24H,21-23,25-27H2,1H3. The van der Waals surface area contributed by atoms with Crippen molar-refractivity contribution in [1.29, 1.82) is 0 Å². The molecule has 0 radical (unpaired) electrons. The molecule has 0 aliphatic carbocycles. The minimum atomic E-state index is 0.397. The third-order valence-electron chi connectivity index (χ3n) is 7.47. The fourth-order valence-corrected chi connectivity index (χ4v) is 5.26. The minimum Gasteiger partial charge on any atom is -0.492 e. The molecule has 216 valence electrons. The third-order valence-corrected chi connectivity index (χ3v) is 7.47. The zero-order valence-corrected chi connectivity index (χ0v) is 24.4. The van der Waals surface area contributed by atoms with Crippen molar-refractivity contribution in [3.8, 4) is 23.0 Å². The summed E-state index contributed by atoms with van der Waals surface area (Å²) in [4.78, 5) is 4.96. The molecule has 0 spiro atoms. The molecule has 6 rings (SSSR count). The number of hydrogen-bond donors (Lipinski definition) is 0. The first-order valence-electron chi connectivity index (χ1n) is 14.6. The Labute approximate surface area is 253 Å². The Morgan fingerprint density at radius 2 is 1.14 bits per heavy atom. The molecule has 0 saturated carbocycles. The second kappa shape index (κ2) is 13.8. The van der Waals surface area contributed by atoms with Crippen molar-refractivity contribution in [1.82, 2.24) is 0 Å². The molecule has 43 heavy (non-hydrogen) atoms. The molecule has 1 heterocycles. The maximum Gasteiger partial charge on any atom is 0.204 e. The molecule has 5 aromatic rings.